The molecule has 0 saturated heterocycles. The molecule has 3 N–H and O–H groups in total. The molecule has 0 aliphatic rings. The first kappa shape index (κ1) is 11.4. The van der Waals surface area contributed by atoms with Gasteiger partial charge in [0.25, 0.3) is 0 Å². The number of rotatable bonds is 2. The number of halogens is 2. The standard InChI is InChI=1S/C13H12F2N2/c1-8-5-9(14)7-10(6-8)17-12-4-2-3-11(15)13(12)16/h2-7,17H,16H2,1H3. The number of benzene rings is 2. The molecule has 0 saturated carbocycles. The van der Waals surface area contributed by atoms with Crippen LogP contribution < -0.4 is 11.1 Å². The predicted molar refractivity (Wildman–Crippen MR) is 65.2 cm³/mol. The minimum Gasteiger partial charge on any atom is -0.395 e. The van der Waals surface area contributed by atoms with Crippen LogP contribution >= 0.6 is 0 Å². The van der Waals surface area contributed by atoms with Crippen molar-refractivity contribution in [2.45, 2.75) is 6.92 Å². The van der Waals surface area contributed by atoms with Crippen LogP contribution in [0.1, 0.15) is 5.56 Å². The molecule has 0 radical (unpaired) electrons. The fraction of sp³-hybridized carbons (Fsp3) is 0.0769. The molecule has 2 rings (SSSR count). The summed E-state index contributed by atoms with van der Waals surface area (Å²) in [6.45, 7) is 1.78. The van der Waals surface area contributed by atoms with Crippen molar-refractivity contribution in [3.63, 3.8) is 0 Å². The third-order valence-electron chi connectivity index (χ3n) is 2.37. The van der Waals surface area contributed by atoms with Crippen LogP contribution in [0.4, 0.5) is 25.8 Å². The molecule has 0 aliphatic heterocycles. The van der Waals surface area contributed by atoms with E-state index in [1.807, 2.05) is 0 Å². The molecule has 0 unspecified atom stereocenters. The number of anilines is 3. The van der Waals surface area contributed by atoms with Gasteiger partial charge in [0.1, 0.15) is 11.6 Å². The van der Waals surface area contributed by atoms with Crippen molar-refractivity contribution in [2.24, 2.45) is 0 Å². The van der Waals surface area contributed by atoms with Gasteiger partial charge < -0.3 is 11.1 Å². The van der Waals surface area contributed by atoms with Crippen molar-refractivity contribution < 1.29 is 8.78 Å². The lowest BCUT2D eigenvalue weighted by Gasteiger charge is -2.10. The summed E-state index contributed by atoms with van der Waals surface area (Å²) in [5.74, 6) is -0.842. The van der Waals surface area contributed by atoms with Crippen LogP contribution in [0.15, 0.2) is 36.4 Å². The summed E-state index contributed by atoms with van der Waals surface area (Å²) < 4.78 is 26.4. The van der Waals surface area contributed by atoms with Crippen molar-refractivity contribution in [2.75, 3.05) is 11.1 Å². The average molecular weight is 234 g/mol. The summed E-state index contributed by atoms with van der Waals surface area (Å²) in [5.41, 5.74) is 7.35. The Morgan fingerprint density at radius 2 is 1.88 bits per heavy atom. The number of nitrogens with one attached hydrogen (secondary N) is 1. The molecule has 0 amide bonds. The van der Waals surface area contributed by atoms with Crippen LogP contribution in [0.2, 0.25) is 0 Å². The van der Waals surface area contributed by atoms with Crippen LogP contribution in [-0.4, -0.2) is 0 Å². The number of nitrogens with two attached hydrogens (primary N) is 1. The van der Waals surface area contributed by atoms with Gasteiger partial charge in [0, 0.05) is 5.69 Å². The van der Waals surface area contributed by atoms with E-state index in [4.69, 9.17) is 5.73 Å². The van der Waals surface area contributed by atoms with Crippen molar-refractivity contribution >= 4 is 17.1 Å². The SMILES string of the molecule is Cc1cc(F)cc(Nc2cccc(F)c2N)c1. The maximum absolute atomic E-state index is 13.2. The number of para-hydroxylation sites is 1. The highest BCUT2D eigenvalue weighted by Gasteiger charge is 2.05. The second-order valence-electron chi connectivity index (χ2n) is 3.84. The van der Waals surface area contributed by atoms with Gasteiger partial charge in [0.15, 0.2) is 0 Å². The van der Waals surface area contributed by atoms with E-state index < -0.39 is 5.82 Å². The van der Waals surface area contributed by atoms with Gasteiger partial charge in [-0.25, -0.2) is 8.78 Å². The van der Waals surface area contributed by atoms with Crippen molar-refractivity contribution in [3.05, 3.63) is 53.6 Å². The lowest BCUT2D eigenvalue weighted by atomic mass is 10.2. The quantitative estimate of drug-likeness (QED) is 0.779. The lowest BCUT2D eigenvalue weighted by molar-refractivity contribution is 0.627. The van der Waals surface area contributed by atoms with Gasteiger partial charge in [-0.2, -0.15) is 0 Å². The molecule has 4 heteroatoms. The Labute approximate surface area is 98.1 Å². The third kappa shape index (κ3) is 2.53. The highest BCUT2D eigenvalue weighted by atomic mass is 19.1. The van der Waals surface area contributed by atoms with Crippen LogP contribution in [-0.2, 0) is 0 Å². The normalized spacial score (nSPS) is 10.3. The number of hydrogen-bond acceptors (Lipinski definition) is 2. The fourth-order valence-electron chi connectivity index (χ4n) is 1.61. The minimum atomic E-state index is -0.497. The Kier molecular flexibility index (Phi) is 2.95. The van der Waals surface area contributed by atoms with E-state index >= 15 is 0 Å². The van der Waals surface area contributed by atoms with Gasteiger partial charge in [-0.3, -0.25) is 0 Å². The predicted octanol–water partition coefficient (Wildman–Crippen LogP) is 3.60. The summed E-state index contributed by atoms with van der Waals surface area (Å²) in [4.78, 5) is 0. The van der Waals surface area contributed by atoms with E-state index in [0.29, 0.717) is 11.4 Å². The van der Waals surface area contributed by atoms with Gasteiger partial charge >= 0.3 is 0 Å². The molecule has 0 bridgehead atoms. The van der Waals surface area contributed by atoms with E-state index in [1.54, 1.807) is 25.1 Å². The molecular weight excluding hydrogens is 222 g/mol. The number of aryl methyl sites for hydroxylation is 1. The van der Waals surface area contributed by atoms with Crippen molar-refractivity contribution in [3.8, 4) is 0 Å². The number of nitrogen functional groups attached to an aromatic ring is 1. The van der Waals surface area contributed by atoms with E-state index in [1.165, 1.54) is 18.2 Å². The average Bonchev–Trinajstić information content (AvgIpc) is 2.23. The Balaban J connectivity index is 2.34. The van der Waals surface area contributed by atoms with Crippen LogP contribution in [0.25, 0.3) is 0 Å². The van der Waals surface area contributed by atoms with E-state index in [2.05, 4.69) is 5.32 Å². The summed E-state index contributed by atoms with van der Waals surface area (Å²) in [6.07, 6.45) is 0. The molecule has 0 spiro atoms. The maximum Gasteiger partial charge on any atom is 0.148 e. The fourth-order valence-corrected chi connectivity index (χ4v) is 1.61. The van der Waals surface area contributed by atoms with Gasteiger partial charge in [-0.15, -0.1) is 0 Å². The molecule has 88 valence electrons. The zero-order valence-electron chi connectivity index (χ0n) is 9.30. The Morgan fingerprint density at radius 3 is 2.59 bits per heavy atom. The highest BCUT2D eigenvalue weighted by molar-refractivity contribution is 5.73. The Morgan fingerprint density at radius 1 is 1.12 bits per heavy atom. The smallest absolute Gasteiger partial charge is 0.148 e. The summed E-state index contributed by atoms with van der Waals surface area (Å²) in [5, 5.41) is 2.89. The Hall–Kier alpha value is -2.10. The summed E-state index contributed by atoms with van der Waals surface area (Å²) >= 11 is 0. The number of hydrogen-bond donors (Lipinski definition) is 2. The van der Waals surface area contributed by atoms with Crippen molar-refractivity contribution in [1.82, 2.24) is 0 Å². The van der Waals surface area contributed by atoms with Gasteiger partial charge in [0.2, 0.25) is 0 Å². The molecule has 0 atom stereocenters. The molecule has 0 aromatic heterocycles. The van der Waals surface area contributed by atoms with E-state index in [0.717, 1.165) is 5.56 Å². The molecule has 2 aromatic rings. The lowest BCUT2D eigenvalue weighted by Crippen LogP contribution is -1.99. The van der Waals surface area contributed by atoms with Gasteiger partial charge in [-0.05, 0) is 42.8 Å². The monoisotopic (exact) mass is 234 g/mol. The molecule has 2 nitrogen and oxygen atoms in total. The highest BCUT2D eigenvalue weighted by Crippen LogP contribution is 2.26. The molecule has 2 aromatic carbocycles. The van der Waals surface area contributed by atoms with Crippen LogP contribution in [0.3, 0.4) is 0 Å². The zero-order chi connectivity index (χ0) is 12.4. The summed E-state index contributed by atoms with van der Waals surface area (Å²) in [7, 11) is 0. The minimum absolute atomic E-state index is 0.0226. The molecular formula is C13H12F2N2. The second-order valence-corrected chi connectivity index (χ2v) is 3.84. The van der Waals surface area contributed by atoms with Gasteiger partial charge in [-0.1, -0.05) is 6.07 Å². The Bertz CT molecular complexity index is 533. The van der Waals surface area contributed by atoms with Crippen molar-refractivity contribution in [1.29, 1.82) is 0 Å². The summed E-state index contributed by atoms with van der Waals surface area (Å²) in [6, 6.07) is 8.96. The molecule has 0 fully saturated rings. The van der Waals surface area contributed by atoms with Crippen LogP contribution in [0, 0.1) is 18.6 Å². The first-order valence-corrected chi connectivity index (χ1v) is 5.14. The largest absolute Gasteiger partial charge is 0.395 e. The molecule has 17 heavy (non-hydrogen) atoms. The van der Waals surface area contributed by atoms with E-state index in [-0.39, 0.29) is 11.5 Å². The maximum atomic E-state index is 13.2. The first-order valence-electron chi connectivity index (χ1n) is 5.14. The molecule has 0 heterocycles. The van der Waals surface area contributed by atoms with Gasteiger partial charge in [0.05, 0.1) is 11.4 Å². The van der Waals surface area contributed by atoms with E-state index in [9.17, 15) is 8.78 Å². The zero-order valence-corrected chi connectivity index (χ0v) is 9.30. The topological polar surface area (TPSA) is 38.0 Å². The van der Waals surface area contributed by atoms with Crippen LogP contribution in [0.5, 0.6) is 0 Å². The first-order chi connectivity index (χ1) is 8.06. The third-order valence-corrected chi connectivity index (χ3v) is 2.37. The second kappa shape index (κ2) is 4.41. The molecule has 0 aliphatic carbocycles.